The molecule has 0 aliphatic heterocycles. The summed E-state index contributed by atoms with van der Waals surface area (Å²) in [4.78, 5) is 17.6. The van der Waals surface area contributed by atoms with Gasteiger partial charge in [0.2, 0.25) is 0 Å². The largest absolute Gasteiger partial charge is 0.265 e. The van der Waals surface area contributed by atoms with Gasteiger partial charge in [-0.1, -0.05) is 48.5 Å². The molecule has 0 bridgehead atoms. The van der Waals surface area contributed by atoms with Gasteiger partial charge in [-0.15, -0.1) is 0 Å². The fourth-order valence-electron chi connectivity index (χ4n) is 5.46. The summed E-state index contributed by atoms with van der Waals surface area (Å²) in [5.74, 6) is 0. The number of rotatable bonds is 4. The van der Waals surface area contributed by atoms with E-state index in [1.807, 2.05) is 73.8 Å². The van der Waals surface area contributed by atoms with Crippen molar-refractivity contribution < 1.29 is 0 Å². The maximum atomic E-state index is 4.56. The number of hydrogen-bond acceptors (Lipinski definition) is 4. The molecule has 0 unspecified atom stereocenters. The summed E-state index contributed by atoms with van der Waals surface area (Å²) in [5.41, 5.74) is 9.03. The monoisotopic (exact) mass is 486 g/mol. The quantitative estimate of drug-likeness (QED) is 0.235. The Hall–Kier alpha value is -5.22. The first-order valence-corrected chi connectivity index (χ1v) is 12.5. The minimum absolute atomic E-state index is 1.10. The molecule has 0 spiro atoms. The molecule has 0 saturated heterocycles. The fourth-order valence-corrected chi connectivity index (χ4v) is 5.46. The molecule has 4 aromatic heterocycles. The minimum Gasteiger partial charge on any atom is -0.265 e. The molecule has 0 aliphatic rings. The van der Waals surface area contributed by atoms with Gasteiger partial charge < -0.3 is 0 Å². The van der Waals surface area contributed by atoms with Crippen molar-refractivity contribution in [3.05, 3.63) is 135 Å². The molecule has 38 heavy (non-hydrogen) atoms. The number of fused-ring (bicyclic) bond motifs is 2. The zero-order valence-corrected chi connectivity index (χ0v) is 20.5. The minimum atomic E-state index is 1.10. The van der Waals surface area contributed by atoms with Gasteiger partial charge in [0.05, 0.1) is 0 Å². The van der Waals surface area contributed by atoms with E-state index in [1.54, 1.807) is 0 Å². The van der Waals surface area contributed by atoms with E-state index in [9.17, 15) is 0 Å². The first-order chi connectivity index (χ1) is 18.9. The van der Waals surface area contributed by atoms with Crippen LogP contribution in [-0.4, -0.2) is 19.9 Å². The van der Waals surface area contributed by atoms with Crippen molar-refractivity contribution in [3.63, 3.8) is 0 Å². The highest BCUT2D eigenvalue weighted by Crippen LogP contribution is 2.47. The van der Waals surface area contributed by atoms with Gasteiger partial charge in [0.15, 0.2) is 0 Å². The van der Waals surface area contributed by atoms with E-state index in [4.69, 9.17) is 0 Å². The van der Waals surface area contributed by atoms with Gasteiger partial charge >= 0.3 is 0 Å². The summed E-state index contributed by atoms with van der Waals surface area (Å²) in [6.07, 6.45) is 15.0. The number of nitrogens with zero attached hydrogens (tertiary/aromatic N) is 4. The highest BCUT2D eigenvalue weighted by molar-refractivity contribution is 6.23. The van der Waals surface area contributed by atoms with E-state index < -0.39 is 0 Å². The molecule has 0 fully saturated rings. The van der Waals surface area contributed by atoms with Crippen LogP contribution in [0.25, 0.3) is 66.1 Å². The van der Waals surface area contributed by atoms with E-state index in [1.165, 1.54) is 32.7 Å². The molecule has 4 heterocycles. The highest BCUT2D eigenvalue weighted by Gasteiger charge is 2.20. The molecular weight excluding hydrogens is 464 g/mol. The summed E-state index contributed by atoms with van der Waals surface area (Å²) in [6, 6.07) is 29.7. The fraction of sp³-hybridized carbons (Fsp3) is 0. The van der Waals surface area contributed by atoms with Crippen molar-refractivity contribution in [2.75, 3.05) is 0 Å². The zero-order chi connectivity index (χ0) is 25.3. The Kier molecular flexibility index (Phi) is 5.41. The van der Waals surface area contributed by atoms with Crippen LogP contribution in [0.15, 0.2) is 135 Å². The SMILES string of the molecule is c1ccc2c(-c3cnccc3-c3ccncc3)c3ccccc3c(-c3cnccc3-c3ccncc3)c2c1. The molecule has 0 saturated carbocycles. The molecule has 3 aromatic carbocycles. The lowest BCUT2D eigenvalue weighted by atomic mass is 9.83. The summed E-state index contributed by atoms with van der Waals surface area (Å²) in [5, 5.41) is 4.70. The molecule has 7 aromatic rings. The normalized spacial score (nSPS) is 11.2. The summed E-state index contributed by atoms with van der Waals surface area (Å²) >= 11 is 0. The first kappa shape index (κ1) is 22.0. The Morgan fingerprint density at radius 2 is 0.658 bits per heavy atom. The van der Waals surface area contributed by atoms with Crippen LogP contribution >= 0.6 is 0 Å². The standard InChI is InChI=1S/C34H22N4/c1-2-6-28-27(5-1)33(31-21-37-19-13-25(31)23-9-15-35-16-10-23)29-7-3-4-8-30(29)34(28)32-22-38-20-14-26(32)24-11-17-36-18-12-24/h1-22H. The highest BCUT2D eigenvalue weighted by atomic mass is 14.6. The molecule has 4 nitrogen and oxygen atoms in total. The van der Waals surface area contributed by atoms with Gasteiger partial charge in [-0.2, -0.15) is 0 Å². The zero-order valence-electron chi connectivity index (χ0n) is 20.5. The van der Waals surface area contributed by atoms with Crippen molar-refractivity contribution in [2.24, 2.45) is 0 Å². The molecule has 0 amide bonds. The third kappa shape index (κ3) is 3.62. The van der Waals surface area contributed by atoms with E-state index in [0.29, 0.717) is 0 Å². The number of aromatic nitrogens is 4. The van der Waals surface area contributed by atoms with E-state index in [2.05, 4.69) is 80.6 Å². The lowest BCUT2D eigenvalue weighted by Crippen LogP contribution is -1.95. The van der Waals surface area contributed by atoms with Crippen LogP contribution in [0.4, 0.5) is 0 Å². The van der Waals surface area contributed by atoms with Crippen molar-refractivity contribution >= 4 is 21.5 Å². The van der Waals surface area contributed by atoms with Crippen molar-refractivity contribution in [1.29, 1.82) is 0 Å². The van der Waals surface area contributed by atoms with Crippen LogP contribution in [0.1, 0.15) is 0 Å². The third-order valence-corrected chi connectivity index (χ3v) is 7.09. The summed E-state index contributed by atoms with van der Waals surface area (Å²) < 4.78 is 0. The van der Waals surface area contributed by atoms with Gasteiger partial charge in [-0.3, -0.25) is 19.9 Å². The molecule has 7 rings (SSSR count). The molecular formula is C34H22N4. The third-order valence-electron chi connectivity index (χ3n) is 7.09. The second kappa shape index (κ2) is 9.34. The smallest absolute Gasteiger partial charge is 0.0353 e. The van der Waals surface area contributed by atoms with Gasteiger partial charge in [0.25, 0.3) is 0 Å². The molecule has 178 valence electrons. The molecule has 0 radical (unpaired) electrons. The van der Waals surface area contributed by atoms with Gasteiger partial charge in [0.1, 0.15) is 0 Å². The Morgan fingerprint density at radius 1 is 0.316 bits per heavy atom. The lowest BCUT2D eigenvalue weighted by Gasteiger charge is -2.20. The maximum absolute atomic E-state index is 4.56. The van der Waals surface area contributed by atoms with E-state index in [0.717, 1.165) is 33.4 Å². The van der Waals surface area contributed by atoms with Gasteiger partial charge in [-0.25, -0.2) is 0 Å². The van der Waals surface area contributed by atoms with Crippen molar-refractivity contribution in [2.45, 2.75) is 0 Å². The van der Waals surface area contributed by atoms with Crippen LogP contribution in [0.2, 0.25) is 0 Å². The molecule has 4 heteroatoms. The topological polar surface area (TPSA) is 51.6 Å². The average molecular weight is 487 g/mol. The van der Waals surface area contributed by atoms with E-state index in [-0.39, 0.29) is 0 Å². The Bertz CT molecular complexity index is 1720. The molecule has 0 aliphatic carbocycles. The second-order valence-corrected chi connectivity index (χ2v) is 9.16. The lowest BCUT2D eigenvalue weighted by molar-refractivity contribution is 1.31. The molecule has 0 N–H and O–H groups in total. The Labute approximate surface area is 220 Å². The van der Waals surface area contributed by atoms with Crippen LogP contribution in [0, 0.1) is 0 Å². The van der Waals surface area contributed by atoms with Crippen molar-refractivity contribution in [3.8, 4) is 44.5 Å². The summed E-state index contributed by atoms with van der Waals surface area (Å²) in [7, 11) is 0. The Morgan fingerprint density at radius 3 is 1.03 bits per heavy atom. The molecule has 0 atom stereocenters. The first-order valence-electron chi connectivity index (χ1n) is 12.5. The van der Waals surface area contributed by atoms with Crippen molar-refractivity contribution in [1.82, 2.24) is 19.9 Å². The maximum Gasteiger partial charge on any atom is 0.0353 e. The number of hydrogen-bond donors (Lipinski definition) is 0. The van der Waals surface area contributed by atoms with E-state index >= 15 is 0 Å². The van der Waals surface area contributed by atoms with Crippen LogP contribution < -0.4 is 0 Å². The summed E-state index contributed by atoms with van der Waals surface area (Å²) in [6.45, 7) is 0. The van der Waals surface area contributed by atoms with Crippen LogP contribution in [-0.2, 0) is 0 Å². The Balaban J connectivity index is 1.61. The van der Waals surface area contributed by atoms with Gasteiger partial charge in [0, 0.05) is 60.7 Å². The number of pyridine rings is 4. The average Bonchev–Trinajstić information content (AvgIpc) is 3.01. The van der Waals surface area contributed by atoms with Crippen LogP contribution in [0.5, 0.6) is 0 Å². The van der Waals surface area contributed by atoms with Crippen LogP contribution in [0.3, 0.4) is 0 Å². The predicted molar refractivity (Wildman–Crippen MR) is 154 cm³/mol. The van der Waals surface area contributed by atoms with Gasteiger partial charge in [-0.05, 0) is 91.3 Å². The second-order valence-electron chi connectivity index (χ2n) is 9.16. The number of benzene rings is 3. The predicted octanol–water partition coefficient (Wildman–Crippen LogP) is 8.24.